The fraction of sp³-hybridized carbons (Fsp3) is 0.500. The number of aromatic nitrogens is 1. The van der Waals surface area contributed by atoms with Crippen LogP contribution in [0.25, 0.3) is 0 Å². The van der Waals surface area contributed by atoms with E-state index in [9.17, 15) is 20.0 Å². The van der Waals surface area contributed by atoms with E-state index in [1.165, 1.54) is 0 Å². The number of carboxylic acids is 1. The normalized spacial score (nSPS) is 12.5. The Bertz CT molecular complexity index is 517. The minimum absolute atomic E-state index is 0.121. The van der Waals surface area contributed by atoms with Gasteiger partial charge in [0.1, 0.15) is 12.1 Å². The summed E-state index contributed by atoms with van der Waals surface area (Å²) in [6.07, 6.45) is 1.55. The van der Waals surface area contributed by atoms with Crippen LogP contribution in [-0.2, 0) is 4.79 Å². The molecule has 0 radical (unpaired) electrons. The maximum Gasteiger partial charge on any atom is 0.312 e. The summed E-state index contributed by atoms with van der Waals surface area (Å²) < 4.78 is 0.398. The predicted molar refractivity (Wildman–Crippen MR) is 73.2 cm³/mol. The van der Waals surface area contributed by atoms with Gasteiger partial charge in [-0.2, -0.15) is 0 Å². The van der Waals surface area contributed by atoms with Crippen LogP contribution in [0.3, 0.4) is 0 Å². The molecule has 0 aliphatic heterocycles. The zero-order valence-electron chi connectivity index (χ0n) is 10.9. The molecule has 0 fully saturated rings. The molecular weight excluding hydrogens is 316 g/mol. The summed E-state index contributed by atoms with van der Waals surface area (Å²) in [5.74, 6) is -1.56. The summed E-state index contributed by atoms with van der Waals surface area (Å²) in [6.45, 7) is 5.41. The Morgan fingerprint density at radius 2 is 2.16 bits per heavy atom. The Hall–Kier alpha value is -1.50. The minimum Gasteiger partial charge on any atom is -0.481 e. The van der Waals surface area contributed by atoms with Crippen molar-refractivity contribution in [2.75, 3.05) is 0 Å². The van der Waals surface area contributed by atoms with Crippen LogP contribution < -0.4 is 0 Å². The number of carbonyl (C=O) groups is 1. The number of aliphatic carboxylic acids is 1. The lowest BCUT2D eigenvalue weighted by molar-refractivity contribution is -0.385. The number of carboxylic acid groups (broad SMARTS) is 1. The Kier molecular flexibility index (Phi) is 4.99. The molecule has 0 spiro atoms. The molecule has 0 aliphatic rings. The van der Waals surface area contributed by atoms with E-state index in [0.29, 0.717) is 22.2 Å². The lowest BCUT2D eigenvalue weighted by Crippen LogP contribution is -2.16. The molecule has 0 aromatic carbocycles. The van der Waals surface area contributed by atoms with Gasteiger partial charge < -0.3 is 5.11 Å². The maximum absolute atomic E-state index is 11.3. The molecule has 1 aromatic rings. The molecule has 1 heterocycles. The standard InChI is InChI=1S/C12H15BrN2O4/c1-6(2)4-8(12(16)17)11-10(13)7(3)9(5-14-11)15(18)19/h5-6,8H,4H2,1-3H3,(H,16,17). The summed E-state index contributed by atoms with van der Waals surface area (Å²) in [5.41, 5.74) is 0.610. The van der Waals surface area contributed by atoms with Crippen LogP contribution in [0.5, 0.6) is 0 Å². The second-order valence-electron chi connectivity index (χ2n) is 4.75. The number of nitro groups is 1. The number of rotatable bonds is 5. The van der Waals surface area contributed by atoms with Gasteiger partial charge in [-0.15, -0.1) is 0 Å². The molecule has 0 bridgehead atoms. The minimum atomic E-state index is -0.977. The predicted octanol–water partition coefficient (Wildman–Crippen LogP) is 3.28. The number of hydrogen-bond acceptors (Lipinski definition) is 4. The van der Waals surface area contributed by atoms with Gasteiger partial charge in [0.2, 0.25) is 0 Å². The molecule has 0 amide bonds. The van der Waals surface area contributed by atoms with Gasteiger partial charge in [0.25, 0.3) is 5.69 Å². The highest BCUT2D eigenvalue weighted by molar-refractivity contribution is 9.10. The zero-order chi connectivity index (χ0) is 14.7. The summed E-state index contributed by atoms with van der Waals surface area (Å²) in [7, 11) is 0. The van der Waals surface area contributed by atoms with Crippen LogP contribution in [0.1, 0.15) is 37.4 Å². The number of nitrogens with zero attached hydrogens (tertiary/aromatic N) is 2. The van der Waals surface area contributed by atoms with Crippen molar-refractivity contribution in [1.82, 2.24) is 4.98 Å². The first-order chi connectivity index (χ1) is 8.75. The van der Waals surface area contributed by atoms with Crippen LogP contribution in [0.4, 0.5) is 5.69 Å². The number of hydrogen-bond donors (Lipinski definition) is 1. The molecule has 6 nitrogen and oxygen atoms in total. The van der Waals surface area contributed by atoms with E-state index >= 15 is 0 Å². The number of pyridine rings is 1. The summed E-state index contributed by atoms with van der Waals surface area (Å²) in [4.78, 5) is 25.6. The SMILES string of the molecule is Cc1c([N+](=O)[O-])cnc(C(CC(C)C)C(=O)O)c1Br. The molecular formula is C12H15BrN2O4. The van der Waals surface area contributed by atoms with E-state index in [4.69, 9.17) is 0 Å². The van der Waals surface area contributed by atoms with Gasteiger partial charge in [-0.3, -0.25) is 19.9 Å². The Morgan fingerprint density at radius 1 is 1.58 bits per heavy atom. The van der Waals surface area contributed by atoms with Crippen molar-refractivity contribution in [2.45, 2.75) is 33.1 Å². The van der Waals surface area contributed by atoms with E-state index in [-0.39, 0.29) is 11.6 Å². The number of halogens is 1. The summed E-state index contributed by atoms with van der Waals surface area (Å²) in [5, 5.41) is 20.1. The Labute approximate surface area is 119 Å². The van der Waals surface area contributed by atoms with Crippen molar-refractivity contribution in [3.05, 3.63) is 32.0 Å². The van der Waals surface area contributed by atoms with E-state index in [1.54, 1.807) is 6.92 Å². The first-order valence-corrected chi connectivity index (χ1v) is 6.57. The van der Waals surface area contributed by atoms with Crippen LogP contribution >= 0.6 is 15.9 Å². The van der Waals surface area contributed by atoms with Gasteiger partial charge in [-0.1, -0.05) is 13.8 Å². The van der Waals surface area contributed by atoms with Crippen LogP contribution in [-0.4, -0.2) is 21.0 Å². The third-order valence-corrected chi connectivity index (χ3v) is 3.80. The molecule has 0 saturated carbocycles. The fourth-order valence-corrected chi connectivity index (χ4v) is 2.40. The van der Waals surface area contributed by atoms with Crippen LogP contribution in [0, 0.1) is 23.0 Å². The summed E-state index contributed by atoms with van der Waals surface area (Å²) in [6, 6.07) is 0. The van der Waals surface area contributed by atoms with Crippen molar-refractivity contribution in [3.8, 4) is 0 Å². The lowest BCUT2D eigenvalue weighted by Gasteiger charge is -2.16. The molecule has 1 rings (SSSR count). The molecule has 1 unspecified atom stereocenters. The molecule has 1 atom stereocenters. The van der Waals surface area contributed by atoms with Gasteiger partial charge in [0.05, 0.1) is 10.6 Å². The molecule has 0 saturated heterocycles. The highest BCUT2D eigenvalue weighted by Crippen LogP contribution is 2.34. The molecule has 104 valence electrons. The molecule has 1 N–H and O–H groups in total. The maximum atomic E-state index is 11.3. The van der Waals surface area contributed by atoms with Crippen molar-refractivity contribution in [1.29, 1.82) is 0 Å². The van der Waals surface area contributed by atoms with E-state index in [1.807, 2.05) is 13.8 Å². The quantitative estimate of drug-likeness (QED) is 0.660. The summed E-state index contributed by atoms with van der Waals surface area (Å²) >= 11 is 3.23. The third-order valence-electron chi connectivity index (χ3n) is 2.80. The van der Waals surface area contributed by atoms with Crippen molar-refractivity contribution >= 4 is 27.6 Å². The van der Waals surface area contributed by atoms with Crippen LogP contribution in [0.2, 0.25) is 0 Å². The van der Waals surface area contributed by atoms with Gasteiger partial charge in [0.15, 0.2) is 0 Å². The average molecular weight is 331 g/mol. The monoisotopic (exact) mass is 330 g/mol. The second kappa shape index (κ2) is 6.10. The molecule has 19 heavy (non-hydrogen) atoms. The smallest absolute Gasteiger partial charge is 0.312 e. The third kappa shape index (κ3) is 3.50. The molecule has 0 aliphatic carbocycles. The molecule has 1 aromatic heterocycles. The van der Waals surface area contributed by atoms with E-state index in [2.05, 4.69) is 20.9 Å². The van der Waals surface area contributed by atoms with Gasteiger partial charge >= 0.3 is 5.97 Å². The fourth-order valence-electron chi connectivity index (χ4n) is 1.82. The second-order valence-corrected chi connectivity index (χ2v) is 5.54. The lowest BCUT2D eigenvalue weighted by atomic mass is 9.93. The largest absolute Gasteiger partial charge is 0.481 e. The van der Waals surface area contributed by atoms with Gasteiger partial charge in [-0.25, -0.2) is 0 Å². The first kappa shape index (κ1) is 15.6. The zero-order valence-corrected chi connectivity index (χ0v) is 12.5. The van der Waals surface area contributed by atoms with Crippen molar-refractivity contribution < 1.29 is 14.8 Å². The Morgan fingerprint density at radius 3 is 2.58 bits per heavy atom. The van der Waals surface area contributed by atoms with Gasteiger partial charge in [-0.05, 0) is 35.2 Å². The highest BCUT2D eigenvalue weighted by atomic mass is 79.9. The molecule has 7 heteroatoms. The topological polar surface area (TPSA) is 93.3 Å². The van der Waals surface area contributed by atoms with Crippen LogP contribution in [0.15, 0.2) is 10.7 Å². The first-order valence-electron chi connectivity index (χ1n) is 5.77. The van der Waals surface area contributed by atoms with Crippen molar-refractivity contribution in [3.63, 3.8) is 0 Å². The average Bonchev–Trinajstić information content (AvgIpc) is 2.29. The van der Waals surface area contributed by atoms with Gasteiger partial charge in [0, 0.05) is 10.0 Å². The Balaban J connectivity index is 3.29. The van der Waals surface area contributed by atoms with E-state index < -0.39 is 16.8 Å². The van der Waals surface area contributed by atoms with Crippen molar-refractivity contribution in [2.24, 2.45) is 5.92 Å². The van der Waals surface area contributed by atoms with E-state index in [0.717, 1.165) is 6.20 Å². The highest BCUT2D eigenvalue weighted by Gasteiger charge is 2.28.